The summed E-state index contributed by atoms with van der Waals surface area (Å²) in [4.78, 5) is 12.0. The molecule has 2 aromatic rings. The SMILES string of the molecule is CC1(c2ccccc2F)CC1NC(=O)Nc1ccccc1. The summed E-state index contributed by atoms with van der Waals surface area (Å²) in [6.45, 7) is 1.97. The van der Waals surface area contributed by atoms with E-state index in [0.29, 0.717) is 5.56 Å². The van der Waals surface area contributed by atoms with Crippen LogP contribution in [-0.2, 0) is 5.41 Å². The van der Waals surface area contributed by atoms with Gasteiger partial charge in [-0.1, -0.05) is 43.3 Å². The molecular weight excluding hydrogens is 267 g/mol. The lowest BCUT2D eigenvalue weighted by atomic mass is 9.97. The van der Waals surface area contributed by atoms with Gasteiger partial charge < -0.3 is 10.6 Å². The van der Waals surface area contributed by atoms with E-state index in [1.54, 1.807) is 12.1 Å². The molecular formula is C17H17FN2O. The Morgan fingerprint density at radius 3 is 2.52 bits per heavy atom. The van der Waals surface area contributed by atoms with Crippen molar-refractivity contribution in [3.8, 4) is 0 Å². The van der Waals surface area contributed by atoms with Gasteiger partial charge in [-0.3, -0.25) is 0 Å². The Balaban J connectivity index is 1.63. The van der Waals surface area contributed by atoms with Gasteiger partial charge in [0.2, 0.25) is 0 Å². The molecule has 4 heteroatoms. The minimum absolute atomic E-state index is 0.0434. The van der Waals surface area contributed by atoms with Crippen molar-refractivity contribution in [1.82, 2.24) is 5.32 Å². The first-order valence-electron chi connectivity index (χ1n) is 6.97. The molecule has 1 fully saturated rings. The number of rotatable bonds is 3. The maximum atomic E-state index is 13.9. The van der Waals surface area contributed by atoms with Crippen molar-refractivity contribution in [3.63, 3.8) is 0 Å². The van der Waals surface area contributed by atoms with Crippen molar-refractivity contribution in [2.75, 3.05) is 5.32 Å². The molecule has 108 valence electrons. The van der Waals surface area contributed by atoms with Crippen LogP contribution >= 0.6 is 0 Å². The van der Waals surface area contributed by atoms with Crippen molar-refractivity contribution in [2.45, 2.75) is 24.8 Å². The fraction of sp³-hybridized carbons (Fsp3) is 0.235. The summed E-state index contributed by atoms with van der Waals surface area (Å²) in [6.07, 6.45) is 0.746. The summed E-state index contributed by atoms with van der Waals surface area (Å²) in [6, 6.07) is 15.7. The van der Waals surface area contributed by atoms with E-state index in [0.717, 1.165) is 12.1 Å². The van der Waals surface area contributed by atoms with Crippen LogP contribution in [0.5, 0.6) is 0 Å². The number of benzene rings is 2. The Bertz CT molecular complexity index is 659. The molecule has 2 atom stereocenters. The number of nitrogens with one attached hydrogen (secondary N) is 2. The standard InChI is InChI=1S/C17H17FN2O/c1-17(13-9-5-6-10-14(13)18)11-15(17)20-16(21)19-12-7-3-2-4-8-12/h2-10,15H,11H2,1H3,(H2,19,20,21). The molecule has 1 saturated carbocycles. The third kappa shape index (κ3) is 2.75. The molecule has 0 aliphatic heterocycles. The maximum Gasteiger partial charge on any atom is 0.319 e. The summed E-state index contributed by atoms with van der Waals surface area (Å²) in [5.74, 6) is -0.215. The van der Waals surface area contributed by atoms with Crippen molar-refractivity contribution < 1.29 is 9.18 Å². The van der Waals surface area contributed by atoms with E-state index in [-0.39, 0.29) is 23.3 Å². The summed E-state index contributed by atoms with van der Waals surface area (Å²) in [5.41, 5.74) is 1.08. The van der Waals surface area contributed by atoms with Gasteiger partial charge in [0.1, 0.15) is 5.82 Å². The van der Waals surface area contributed by atoms with Gasteiger partial charge in [0, 0.05) is 17.1 Å². The fourth-order valence-electron chi connectivity index (χ4n) is 2.64. The summed E-state index contributed by atoms with van der Waals surface area (Å²) in [5, 5.41) is 5.68. The minimum Gasteiger partial charge on any atom is -0.334 e. The highest BCUT2D eigenvalue weighted by Gasteiger charge is 2.53. The molecule has 2 N–H and O–H groups in total. The first kappa shape index (κ1) is 13.6. The summed E-state index contributed by atoms with van der Waals surface area (Å²) >= 11 is 0. The number of carbonyl (C=O) groups is 1. The Hall–Kier alpha value is -2.36. The lowest BCUT2D eigenvalue weighted by molar-refractivity contribution is 0.251. The average molecular weight is 284 g/mol. The quantitative estimate of drug-likeness (QED) is 0.887. The van der Waals surface area contributed by atoms with E-state index < -0.39 is 0 Å². The molecule has 0 spiro atoms. The van der Waals surface area contributed by atoms with E-state index in [2.05, 4.69) is 10.6 Å². The number of anilines is 1. The molecule has 2 amide bonds. The zero-order valence-electron chi connectivity index (χ0n) is 11.8. The molecule has 0 aromatic heterocycles. The number of para-hydroxylation sites is 1. The Morgan fingerprint density at radius 1 is 1.14 bits per heavy atom. The molecule has 1 aliphatic rings. The van der Waals surface area contributed by atoms with Gasteiger partial charge in [0.25, 0.3) is 0 Å². The second-order valence-electron chi connectivity index (χ2n) is 5.62. The summed E-state index contributed by atoms with van der Waals surface area (Å²) in [7, 11) is 0. The fourth-order valence-corrected chi connectivity index (χ4v) is 2.64. The van der Waals surface area contributed by atoms with Crippen molar-refractivity contribution >= 4 is 11.7 Å². The van der Waals surface area contributed by atoms with Gasteiger partial charge in [-0.2, -0.15) is 0 Å². The van der Waals surface area contributed by atoms with Gasteiger partial charge in [0.05, 0.1) is 0 Å². The van der Waals surface area contributed by atoms with Crippen LogP contribution < -0.4 is 10.6 Å². The van der Waals surface area contributed by atoms with Gasteiger partial charge in [0.15, 0.2) is 0 Å². The van der Waals surface area contributed by atoms with Gasteiger partial charge in [-0.25, -0.2) is 9.18 Å². The van der Waals surface area contributed by atoms with Crippen LogP contribution in [0.15, 0.2) is 54.6 Å². The molecule has 0 saturated heterocycles. The number of hydrogen-bond acceptors (Lipinski definition) is 1. The smallest absolute Gasteiger partial charge is 0.319 e. The highest BCUT2D eigenvalue weighted by molar-refractivity contribution is 5.89. The first-order chi connectivity index (χ1) is 10.1. The number of carbonyl (C=O) groups excluding carboxylic acids is 1. The van der Waals surface area contributed by atoms with Crippen LogP contribution in [0.4, 0.5) is 14.9 Å². The molecule has 21 heavy (non-hydrogen) atoms. The summed E-state index contributed by atoms with van der Waals surface area (Å²) < 4.78 is 13.9. The van der Waals surface area contributed by atoms with Crippen LogP contribution in [0.25, 0.3) is 0 Å². The van der Waals surface area contributed by atoms with Crippen molar-refractivity contribution in [2.24, 2.45) is 0 Å². The number of amides is 2. The molecule has 3 nitrogen and oxygen atoms in total. The van der Waals surface area contributed by atoms with Gasteiger partial charge in [-0.15, -0.1) is 0 Å². The second-order valence-corrected chi connectivity index (χ2v) is 5.62. The Labute approximate surface area is 123 Å². The Kier molecular flexibility index (Phi) is 3.37. The normalized spacial score (nSPS) is 23.4. The molecule has 0 bridgehead atoms. The third-order valence-electron chi connectivity index (χ3n) is 4.06. The molecule has 0 heterocycles. The number of urea groups is 1. The molecule has 2 unspecified atom stereocenters. The molecule has 0 radical (unpaired) electrons. The van der Waals surface area contributed by atoms with E-state index >= 15 is 0 Å². The lowest BCUT2D eigenvalue weighted by Gasteiger charge is -2.14. The largest absolute Gasteiger partial charge is 0.334 e. The highest BCUT2D eigenvalue weighted by atomic mass is 19.1. The second kappa shape index (κ2) is 5.20. The van der Waals surface area contributed by atoms with E-state index in [1.165, 1.54) is 6.07 Å². The Morgan fingerprint density at radius 2 is 1.81 bits per heavy atom. The topological polar surface area (TPSA) is 41.1 Å². The number of halogens is 1. The molecule has 2 aromatic carbocycles. The minimum atomic E-state index is -0.320. The van der Waals surface area contributed by atoms with E-state index in [4.69, 9.17) is 0 Å². The maximum absolute atomic E-state index is 13.9. The molecule has 3 rings (SSSR count). The predicted molar refractivity (Wildman–Crippen MR) is 80.8 cm³/mol. The lowest BCUT2D eigenvalue weighted by Crippen LogP contribution is -2.34. The molecule has 1 aliphatic carbocycles. The predicted octanol–water partition coefficient (Wildman–Crippen LogP) is 3.68. The van der Waals surface area contributed by atoms with Crippen LogP contribution in [0, 0.1) is 5.82 Å². The zero-order chi connectivity index (χ0) is 14.9. The highest BCUT2D eigenvalue weighted by Crippen LogP contribution is 2.48. The van der Waals surface area contributed by atoms with Gasteiger partial charge in [-0.05, 0) is 30.2 Å². The number of hydrogen-bond donors (Lipinski definition) is 2. The monoisotopic (exact) mass is 284 g/mol. The zero-order valence-corrected chi connectivity index (χ0v) is 11.8. The van der Waals surface area contributed by atoms with Crippen molar-refractivity contribution in [3.05, 3.63) is 66.0 Å². The van der Waals surface area contributed by atoms with Crippen molar-refractivity contribution in [1.29, 1.82) is 0 Å². The van der Waals surface area contributed by atoms with Gasteiger partial charge >= 0.3 is 6.03 Å². The van der Waals surface area contributed by atoms with Crippen LogP contribution in [0.1, 0.15) is 18.9 Å². The van der Waals surface area contributed by atoms with Crippen LogP contribution in [0.3, 0.4) is 0 Å². The van der Waals surface area contributed by atoms with Crippen LogP contribution in [-0.4, -0.2) is 12.1 Å². The average Bonchev–Trinajstić information content (AvgIpc) is 3.11. The van der Waals surface area contributed by atoms with E-state index in [1.807, 2.05) is 43.3 Å². The third-order valence-corrected chi connectivity index (χ3v) is 4.06. The first-order valence-corrected chi connectivity index (χ1v) is 6.97. The van der Waals surface area contributed by atoms with E-state index in [9.17, 15) is 9.18 Å². The van der Waals surface area contributed by atoms with Crippen LogP contribution in [0.2, 0.25) is 0 Å².